The van der Waals surface area contributed by atoms with Crippen LogP contribution in [0, 0.1) is 6.92 Å². The maximum atomic E-state index is 13.8. The van der Waals surface area contributed by atoms with Gasteiger partial charge in [0, 0.05) is 5.56 Å². The molecule has 4 nitrogen and oxygen atoms in total. The van der Waals surface area contributed by atoms with Gasteiger partial charge in [0.1, 0.15) is 12.4 Å². The summed E-state index contributed by atoms with van der Waals surface area (Å²) in [6.45, 7) is 16.6. The Morgan fingerprint density at radius 2 is 1.55 bits per heavy atom. The second kappa shape index (κ2) is 10.8. The van der Waals surface area contributed by atoms with E-state index in [0.29, 0.717) is 11.9 Å². The molecule has 0 amide bonds. The van der Waals surface area contributed by atoms with E-state index in [1.165, 1.54) is 0 Å². The fraction of sp³-hybridized carbons (Fsp3) is 0.538. The quantitative estimate of drug-likeness (QED) is 0.339. The molecule has 0 aliphatic carbocycles. The van der Waals surface area contributed by atoms with E-state index in [2.05, 4.69) is 27.7 Å². The van der Waals surface area contributed by atoms with Crippen LogP contribution in [0.5, 0.6) is 5.75 Å². The number of ether oxygens (including phenoxy) is 1. The first kappa shape index (κ1) is 25.6. The lowest BCUT2D eigenvalue weighted by molar-refractivity contribution is 0.150. The number of rotatable bonds is 11. The molecule has 2 rings (SSSR count). The number of hydrogen-bond donors (Lipinski definition) is 0. The standard InChI is InChI=1S/C26H39O4P/c1-9-15-26(7,8)25-21(6)16-23(31(27,29-19(2)3)30-20(4)5)17-24(25)28-18-22-13-11-10-12-14-22/h10-14,16-17,19-20H,9,15,18H2,1-8H3. The molecule has 31 heavy (non-hydrogen) atoms. The summed E-state index contributed by atoms with van der Waals surface area (Å²) in [5.74, 6) is 0.747. The highest BCUT2D eigenvalue weighted by Gasteiger charge is 2.34. The van der Waals surface area contributed by atoms with Gasteiger partial charge in [0.05, 0.1) is 17.5 Å². The largest absolute Gasteiger partial charge is 0.489 e. The normalized spacial score (nSPS) is 12.6. The van der Waals surface area contributed by atoms with Crippen LogP contribution in [0.3, 0.4) is 0 Å². The molecule has 0 atom stereocenters. The lowest BCUT2D eigenvalue weighted by Crippen LogP contribution is -2.23. The van der Waals surface area contributed by atoms with Crippen molar-refractivity contribution in [1.82, 2.24) is 0 Å². The lowest BCUT2D eigenvalue weighted by atomic mass is 9.78. The summed E-state index contributed by atoms with van der Waals surface area (Å²) in [6, 6.07) is 13.9. The van der Waals surface area contributed by atoms with Crippen LogP contribution in [0.4, 0.5) is 0 Å². The van der Waals surface area contributed by atoms with Gasteiger partial charge in [0.25, 0.3) is 0 Å². The molecule has 0 heterocycles. The van der Waals surface area contributed by atoms with E-state index in [0.717, 1.165) is 35.3 Å². The zero-order chi connectivity index (χ0) is 23.2. The maximum Gasteiger partial charge on any atom is 0.361 e. The number of hydrogen-bond acceptors (Lipinski definition) is 4. The van der Waals surface area contributed by atoms with E-state index in [9.17, 15) is 4.57 Å². The molecule has 0 aromatic heterocycles. The molecule has 0 saturated heterocycles. The Kier molecular flexibility index (Phi) is 8.94. The van der Waals surface area contributed by atoms with Crippen molar-refractivity contribution in [2.24, 2.45) is 0 Å². The first-order valence-electron chi connectivity index (χ1n) is 11.3. The molecule has 0 bridgehead atoms. The van der Waals surface area contributed by atoms with Crippen LogP contribution in [0.1, 0.15) is 78.0 Å². The van der Waals surface area contributed by atoms with Gasteiger partial charge in [-0.1, -0.05) is 57.5 Å². The zero-order valence-electron chi connectivity index (χ0n) is 20.4. The van der Waals surface area contributed by atoms with Gasteiger partial charge >= 0.3 is 7.60 Å². The second-order valence-corrected chi connectivity index (χ2v) is 11.3. The van der Waals surface area contributed by atoms with Crippen LogP contribution in [-0.2, 0) is 25.6 Å². The average Bonchev–Trinajstić information content (AvgIpc) is 2.65. The minimum atomic E-state index is -3.50. The van der Waals surface area contributed by atoms with Crippen molar-refractivity contribution in [3.63, 3.8) is 0 Å². The van der Waals surface area contributed by atoms with Gasteiger partial charge in [-0.3, -0.25) is 4.57 Å². The molecule has 0 fully saturated rings. The molecule has 2 aromatic carbocycles. The summed E-state index contributed by atoms with van der Waals surface area (Å²) in [5.41, 5.74) is 3.20. The Morgan fingerprint density at radius 1 is 0.968 bits per heavy atom. The summed E-state index contributed by atoms with van der Waals surface area (Å²) in [4.78, 5) is 0. The Morgan fingerprint density at radius 3 is 2.06 bits per heavy atom. The fourth-order valence-electron chi connectivity index (χ4n) is 4.06. The van der Waals surface area contributed by atoms with Crippen molar-refractivity contribution in [3.8, 4) is 5.75 Å². The van der Waals surface area contributed by atoms with Crippen LogP contribution in [0.15, 0.2) is 42.5 Å². The smallest absolute Gasteiger partial charge is 0.361 e. The van der Waals surface area contributed by atoms with Gasteiger partial charge in [-0.2, -0.15) is 0 Å². The molecule has 0 N–H and O–H groups in total. The van der Waals surface area contributed by atoms with Gasteiger partial charge < -0.3 is 13.8 Å². The van der Waals surface area contributed by atoms with Gasteiger partial charge in [0.2, 0.25) is 0 Å². The first-order chi connectivity index (χ1) is 14.5. The minimum Gasteiger partial charge on any atom is -0.489 e. The molecule has 0 aliphatic rings. The minimum absolute atomic E-state index is 0.0782. The van der Waals surface area contributed by atoms with Crippen LogP contribution in [-0.4, -0.2) is 12.2 Å². The number of aryl methyl sites for hydroxylation is 1. The van der Waals surface area contributed by atoms with E-state index in [4.69, 9.17) is 13.8 Å². The molecule has 2 aromatic rings. The lowest BCUT2D eigenvalue weighted by Gasteiger charge is -2.31. The third-order valence-electron chi connectivity index (χ3n) is 5.09. The first-order valence-corrected chi connectivity index (χ1v) is 12.8. The van der Waals surface area contributed by atoms with Gasteiger partial charge in [0.15, 0.2) is 0 Å². The van der Waals surface area contributed by atoms with Crippen LogP contribution >= 0.6 is 7.60 Å². The maximum absolute atomic E-state index is 13.8. The summed E-state index contributed by atoms with van der Waals surface area (Å²) in [7, 11) is -3.50. The van der Waals surface area contributed by atoms with E-state index in [1.54, 1.807) is 0 Å². The van der Waals surface area contributed by atoms with E-state index < -0.39 is 7.60 Å². The fourth-order valence-corrected chi connectivity index (χ4v) is 6.09. The van der Waals surface area contributed by atoms with Crippen molar-refractivity contribution in [3.05, 3.63) is 59.2 Å². The van der Waals surface area contributed by atoms with Crippen LogP contribution < -0.4 is 10.0 Å². The van der Waals surface area contributed by atoms with Crippen molar-refractivity contribution in [2.75, 3.05) is 0 Å². The van der Waals surface area contributed by atoms with E-state index >= 15 is 0 Å². The van der Waals surface area contributed by atoms with Crippen LogP contribution in [0.25, 0.3) is 0 Å². The highest BCUT2D eigenvalue weighted by molar-refractivity contribution is 7.62. The zero-order valence-corrected chi connectivity index (χ0v) is 21.3. The highest BCUT2D eigenvalue weighted by Crippen LogP contribution is 2.51. The summed E-state index contributed by atoms with van der Waals surface area (Å²) in [6.07, 6.45) is 1.64. The highest BCUT2D eigenvalue weighted by atomic mass is 31.2. The van der Waals surface area contributed by atoms with Crippen molar-refractivity contribution in [1.29, 1.82) is 0 Å². The Bertz CT molecular complexity index is 874. The van der Waals surface area contributed by atoms with Crippen molar-refractivity contribution in [2.45, 2.75) is 92.5 Å². The van der Waals surface area contributed by atoms with E-state index in [-0.39, 0.29) is 17.6 Å². The van der Waals surface area contributed by atoms with Gasteiger partial charge in [-0.25, -0.2) is 0 Å². The van der Waals surface area contributed by atoms with Crippen molar-refractivity contribution >= 4 is 12.9 Å². The molecular weight excluding hydrogens is 407 g/mol. The third-order valence-corrected chi connectivity index (χ3v) is 7.38. The predicted octanol–water partition coefficient (Wildman–Crippen LogP) is 7.32. The second-order valence-electron chi connectivity index (χ2n) is 9.35. The Balaban J connectivity index is 2.58. The van der Waals surface area contributed by atoms with E-state index in [1.807, 2.05) is 70.2 Å². The third kappa shape index (κ3) is 6.94. The predicted molar refractivity (Wildman–Crippen MR) is 130 cm³/mol. The molecule has 172 valence electrons. The molecule has 0 aliphatic heterocycles. The average molecular weight is 447 g/mol. The Labute approximate surface area is 188 Å². The molecule has 0 saturated carbocycles. The SMILES string of the molecule is CCCC(C)(C)c1c(C)cc(P(=O)(OC(C)C)OC(C)C)cc1OCc1ccccc1. The molecular formula is C26H39O4P. The summed E-state index contributed by atoms with van der Waals surface area (Å²) >= 11 is 0. The molecule has 0 radical (unpaired) electrons. The monoisotopic (exact) mass is 446 g/mol. The number of benzene rings is 2. The molecule has 0 unspecified atom stereocenters. The Hall–Kier alpha value is -1.61. The van der Waals surface area contributed by atoms with Crippen molar-refractivity contribution < 1.29 is 18.3 Å². The summed E-state index contributed by atoms with van der Waals surface area (Å²) in [5, 5.41) is 0.548. The van der Waals surface area contributed by atoms with Gasteiger partial charge in [-0.05, 0) is 69.7 Å². The summed E-state index contributed by atoms with van der Waals surface area (Å²) < 4.78 is 31.9. The molecule has 0 spiro atoms. The van der Waals surface area contributed by atoms with Crippen LogP contribution in [0.2, 0.25) is 0 Å². The molecule has 5 heteroatoms. The van der Waals surface area contributed by atoms with Gasteiger partial charge in [-0.15, -0.1) is 0 Å². The topological polar surface area (TPSA) is 44.8 Å².